The van der Waals surface area contributed by atoms with Crippen LogP contribution in [0.15, 0.2) is 24.3 Å². The summed E-state index contributed by atoms with van der Waals surface area (Å²) in [7, 11) is 0. The number of carbonyl (C=O) groups is 1. The summed E-state index contributed by atoms with van der Waals surface area (Å²) in [5.41, 5.74) is 0.902. The maximum Gasteiger partial charge on any atom is 0.331 e. The van der Waals surface area contributed by atoms with Gasteiger partial charge in [0, 0.05) is 11.5 Å². The highest BCUT2D eigenvalue weighted by Crippen LogP contribution is 2.66. The number of hydrogen-bond donors (Lipinski definition) is 2. The van der Waals surface area contributed by atoms with Crippen LogP contribution in [-0.2, 0) is 9.53 Å². The smallest absolute Gasteiger partial charge is 0.331 e. The average Bonchev–Trinajstić information content (AvgIpc) is 2.82. The number of esters is 1. The minimum Gasteiger partial charge on any atom is -0.504 e. The van der Waals surface area contributed by atoms with Gasteiger partial charge in [-0.1, -0.05) is 26.8 Å². The first-order valence-corrected chi connectivity index (χ1v) is 8.15. The molecule has 2 bridgehead atoms. The lowest BCUT2D eigenvalue weighted by atomic mass is 9.70. The van der Waals surface area contributed by atoms with E-state index < -0.39 is 0 Å². The Labute approximate surface area is 136 Å². The molecule has 1 aromatic rings. The molecule has 0 amide bonds. The molecule has 0 spiro atoms. The quantitative estimate of drug-likeness (QED) is 0.505. The van der Waals surface area contributed by atoms with E-state index in [1.165, 1.54) is 24.6 Å². The van der Waals surface area contributed by atoms with Crippen LogP contribution >= 0.6 is 0 Å². The summed E-state index contributed by atoms with van der Waals surface area (Å²) < 4.78 is 5.72. The summed E-state index contributed by atoms with van der Waals surface area (Å²) in [6.07, 6.45) is 6.22. The molecule has 2 aliphatic carbocycles. The molecule has 124 valence electrons. The van der Waals surface area contributed by atoms with E-state index in [1.807, 2.05) is 0 Å². The van der Waals surface area contributed by atoms with Gasteiger partial charge in [-0.15, -0.1) is 0 Å². The van der Waals surface area contributed by atoms with Gasteiger partial charge < -0.3 is 14.9 Å². The molecule has 2 aliphatic rings. The van der Waals surface area contributed by atoms with Crippen LogP contribution in [0.5, 0.6) is 11.5 Å². The molecule has 0 aliphatic heterocycles. The number of ether oxygens (including phenoxy) is 1. The lowest BCUT2D eigenvalue weighted by Crippen LogP contribution is -2.38. The van der Waals surface area contributed by atoms with Crippen LogP contribution < -0.4 is 0 Å². The summed E-state index contributed by atoms with van der Waals surface area (Å²) >= 11 is 0. The average molecular weight is 316 g/mol. The number of rotatable bonds is 3. The summed E-state index contributed by atoms with van der Waals surface area (Å²) in [6.45, 7) is 6.81. The van der Waals surface area contributed by atoms with E-state index >= 15 is 0 Å². The monoisotopic (exact) mass is 316 g/mol. The van der Waals surface area contributed by atoms with Crippen molar-refractivity contribution >= 4 is 12.0 Å². The van der Waals surface area contributed by atoms with Gasteiger partial charge in [-0.25, -0.2) is 4.79 Å². The molecule has 0 heterocycles. The first-order chi connectivity index (χ1) is 10.7. The van der Waals surface area contributed by atoms with E-state index in [9.17, 15) is 15.0 Å². The molecule has 0 unspecified atom stereocenters. The molecule has 4 heteroatoms. The summed E-state index contributed by atoms with van der Waals surface area (Å²) in [5.74, 6) is -0.111. The Bertz CT molecular complexity index is 661. The van der Waals surface area contributed by atoms with Gasteiger partial charge in [0.2, 0.25) is 0 Å². The Hall–Kier alpha value is -1.97. The number of carbonyl (C=O) groups excluding carboxylic acids is 1. The number of hydrogen-bond acceptors (Lipinski definition) is 4. The van der Waals surface area contributed by atoms with E-state index in [0.29, 0.717) is 11.5 Å². The van der Waals surface area contributed by atoms with Gasteiger partial charge in [0.25, 0.3) is 0 Å². The van der Waals surface area contributed by atoms with E-state index in [0.717, 1.165) is 12.8 Å². The molecule has 0 aromatic heterocycles. The Morgan fingerprint density at radius 1 is 1.26 bits per heavy atom. The third kappa shape index (κ3) is 2.50. The number of phenols is 2. The second kappa shape index (κ2) is 5.29. The first kappa shape index (κ1) is 15.9. The highest BCUT2D eigenvalue weighted by atomic mass is 16.5. The Kier molecular flexibility index (Phi) is 3.66. The number of benzene rings is 1. The number of aromatic hydroxyl groups is 2. The van der Waals surface area contributed by atoms with Crippen molar-refractivity contribution in [1.29, 1.82) is 0 Å². The highest BCUT2D eigenvalue weighted by Gasteiger charge is 2.62. The summed E-state index contributed by atoms with van der Waals surface area (Å²) in [4.78, 5) is 12.1. The molecule has 0 saturated heterocycles. The Morgan fingerprint density at radius 2 is 2.00 bits per heavy atom. The highest BCUT2D eigenvalue weighted by molar-refractivity contribution is 5.87. The van der Waals surface area contributed by atoms with Crippen molar-refractivity contribution < 1.29 is 19.7 Å². The molecule has 23 heavy (non-hydrogen) atoms. The fourth-order valence-electron chi connectivity index (χ4n) is 4.30. The predicted molar refractivity (Wildman–Crippen MR) is 87.9 cm³/mol. The third-order valence-electron chi connectivity index (χ3n) is 6.38. The molecule has 4 nitrogen and oxygen atoms in total. The normalized spacial score (nSPS) is 31.6. The topological polar surface area (TPSA) is 66.8 Å². The Morgan fingerprint density at radius 3 is 2.57 bits per heavy atom. The molecule has 2 N–H and O–H groups in total. The van der Waals surface area contributed by atoms with Crippen molar-refractivity contribution in [3.8, 4) is 11.5 Å². The van der Waals surface area contributed by atoms with Crippen LogP contribution in [0.1, 0.15) is 45.6 Å². The standard InChI is InChI=1S/C19H24O4/c1-18(2)13-8-9-19(18,3)16(11-13)23-17(22)7-5-12-4-6-14(20)15(21)10-12/h4-7,10,13,16,20-21H,8-9,11H2,1-3H3/b7-5+/t13-,16+,19+/m0/s1. The van der Waals surface area contributed by atoms with Crippen LogP contribution in [0.3, 0.4) is 0 Å². The van der Waals surface area contributed by atoms with Gasteiger partial charge in [0.15, 0.2) is 11.5 Å². The maximum atomic E-state index is 12.1. The minimum absolute atomic E-state index is 0.0263. The first-order valence-electron chi connectivity index (χ1n) is 8.15. The molecule has 2 fully saturated rings. The van der Waals surface area contributed by atoms with Crippen molar-refractivity contribution in [2.45, 2.75) is 46.1 Å². The fraction of sp³-hybridized carbons (Fsp3) is 0.526. The second-order valence-electron chi connectivity index (χ2n) is 7.62. The van der Waals surface area contributed by atoms with Gasteiger partial charge in [0.05, 0.1) is 0 Å². The molecule has 3 atom stereocenters. The summed E-state index contributed by atoms with van der Waals surface area (Å²) in [5, 5.41) is 18.7. The van der Waals surface area contributed by atoms with Gasteiger partial charge >= 0.3 is 5.97 Å². The van der Waals surface area contributed by atoms with Crippen LogP contribution in [0.25, 0.3) is 6.08 Å². The fourth-order valence-corrected chi connectivity index (χ4v) is 4.30. The molecule has 3 rings (SSSR count). The Balaban J connectivity index is 1.66. The van der Waals surface area contributed by atoms with Gasteiger partial charge in [-0.05, 0) is 54.4 Å². The molecule has 2 saturated carbocycles. The zero-order chi connectivity index (χ0) is 16.8. The summed E-state index contributed by atoms with van der Waals surface area (Å²) in [6, 6.07) is 4.42. The third-order valence-corrected chi connectivity index (χ3v) is 6.38. The second-order valence-corrected chi connectivity index (χ2v) is 7.62. The van der Waals surface area contributed by atoms with Gasteiger partial charge in [-0.2, -0.15) is 0 Å². The number of phenolic OH excluding ortho intramolecular Hbond substituents is 2. The molecular formula is C19H24O4. The zero-order valence-corrected chi connectivity index (χ0v) is 13.9. The predicted octanol–water partition coefficient (Wildman–Crippen LogP) is 3.87. The lowest BCUT2D eigenvalue weighted by molar-refractivity contribution is -0.150. The molecular weight excluding hydrogens is 292 g/mol. The van der Waals surface area contributed by atoms with E-state index in [-0.39, 0.29) is 34.4 Å². The van der Waals surface area contributed by atoms with Crippen LogP contribution in [-0.4, -0.2) is 22.3 Å². The molecule has 0 radical (unpaired) electrons. The largest absolute Gasteiger partial charge is 0.504 e. The minimum atomic E-state index is -0.355. The van der Waals surface area contributed by atoms with Crippen molar-refractivity contribution in [3.63, 3.8) is 0 Å². The van der Waals surface area contributed by atoms with E-state index in [1.54, 1.807) is 12.1 Å². The van der Waals surface area contributed by atoms with Gasteiger partial charge in [0.1, 0.15) is 6.10 Å². The number of fused-ring (bicyclic) bond motifs is 2. The zero-order valence-electron chi connectivity index (χ0n) is 13.9. The van der Waals surface area contributed by atoms with E-state index in [4.69, 9.17) is 4.74 Å². The van der Waals surface area contributed by atoms with Crippen LogP contribution in [0, 0.1) is 16.7 Å². The van der Waals surface area contributed by atoms with Crippen LogP contribution in [0.2, 0.25) is 0 Å². The van der Waals surface area contributed by atoms with Crippen LogP contribution in [0.4, 0.5) is 0 Å². The van der Waals surface area contributed by atoms with Crippen molar-refractivity contribution in [2.24, 2.45) is 16.7 Å². The van der Waals surface area contributed by atoms with Crippen molar-refractivity contribution in [2.75, 3.05) is 0 Å². The SMILES string of the molecule is CC1(C)[C@H]2CC[C@]1(C)[C@H](OC(=O)/C=C/c1ccc(O)c(O)c1)C2. The van der Waals surface area contributed by atoms with Crippen molar-refractivity contribution in [3.05, 3.63) is 29.8 Å². The lowest BCUT2D eigenvalue weighted by Gasteiger charge is -2.38. The molecule has 1 aromatic carbocycles. The maximum absolute atomic E-state index is 12.1. The van der Waals surface area contributed by atoms with E-state index in [2.05, 4.69) is 20.8 Å². The van der Waals surface area contributed by atoms with Crippen molar-refractivity contribution in [1.82, 2.24) is 0 Å². The van der Waals surface area contributed by atoms with Gasteiger partial charge in [-0.3, -0.25) is 0 Å².